The van der Waals surface area contributed by atoms with Gasteiger partial charge in [0, 0.05) is 23.7 Å². The van der Waals surface area contributed by atoms with Gasteiger partial charge < -0.3 is 0 Å². The number of rotatable bonds is 7. The molecule has 0 fully saturated rings. The van der Waals surface area contributed by atoms with Crippen molar-refractivity contribution in [3.05, 3.63) is 95.0 Å². The molecule has 0 bridgehead atoms. The summed E-state index contributed by atoms with van der Waals surface area (Å²) >= 11 is 5.86. The van der Waals surface area contributed by atoms with Gasteiger partial charge in [-0.15, -0.1) is 0 Å². The lowest BCUT2D eigenvalue weighted by Crippen LogP contribution is -1.99. The highest BCUT2D eigenvalue weighted by Gasteiger charge is 2.09. The summed E-state index contributed by atoms with van der Waals surface area (Å²) in [4.78, 5) is 16.3. The zero-order valence-corrected chi connectivity index (χ0v) is 16.4. The molecular formula is C24H21ClFNO. The summed E-state index contributed by atoms with van der Waals surface area (Å²) in [6.45, 7) is 2.10. The molecular weight excluding hydrogens is 373 g/mol. The molecule has 1 unspecified atom stereocenters. The largest absolute Gasteiger partial charge is 0.295 e. The number of ketones is 1. The van der Waals surface area contributed by atoms with Gasteiger partial charge in [-0.25, -0.2) is 9.37 Å². The monoisotopic (exact) mass is 393 g/mol. The van der Waals surface area contributed by atoms with Crippen LogP contribution in [0.5, 0.6) is 0 Å². The van der Waals surface area contributed by atoms with E-state index in [1.165, 1.54) is 23.8 Å². The second kappa shape index (κ2) is 9.43. The van der Waals surface area contributed by atoms with Crippen molar-refractivity contribution in [2.75, 3.05) is 0 Å². The average Bonchev–Trinajstić information content (AvgIpc) is 2.72. The Morgan fingerprint density at radius 2 is 1.93 bits per heavy atom. The summed E-state index contributed by atoms with van der Waals surface area (Å²) in [7, 11) is 0. The number of nitrogens with zero attached hydrogens (tertiary/aromatic N) is 1. The normalized spacial score (nSPS) is 12.2. The fraction of sp³-hybridized carbons (Fsp3) is 0.167. The first-order valence-corrected chi connectivity index (χ1v) is 9.58. The highest BCUT2D eigenvalue weighted by molar-refractivity contribution is 6.29. The van der Waals surface area contributed by atoms with Crippen LogP contribution in [0, 0.1) is 5.82 Å². The van der Waals surface area contributed by atoms with Crippen LogP contribution in [0.25, 0.3) is 17.2 Å². The molecule has 3 rings (SSSR count). The van der Waals surface area contributed by atoms with E-state index in [1.807, 2.05) is 18.2 Å². The number of aromatic nitrogens is 1. The Balaban J connectivity index is 1.61. The molecule has 4 heteroatoms. The molecule has 0 aliphatic heterocycles. The van der Waals surface area contributed by atoms with Gasteiger partial charge in [0.05, 0.1) is 0 Å². The zero-order chi connectivity index (χ0) is 19.9. The molecule has 0 aliphatic rings. The molecule has 0 saturated carbocycles. The number of benzene rings is 2. The van der Waals surface area contributed by atoms with Crippen molar-refractivity contribution in [3.63, 3.8) is 0 Å². The predicted octanol–water partition coefficient (Wildman–Crippen LogP) is 6.71. The van der Waals surface area contributed by atoms with Gasteiger partial charge in [0.15, 0.2) is 5.78 Å². The Morgan fingerprint density at radius 3 is 2.68 bits per heavy atom. The first kappa shape index (κ1) is 20.0. The Morgan fingerprint density at radius 1 is 1.11 bits per heavy atom. The van der Waals surface area contributed by atoms with Crippen molar-refractivity contribution in [3.8, 4) is 11.1 Å². The van der Waals surface area contributed by atoms with E-state index in [4.69, 9.17) is 11.6 Å². The second-order valence-corrected chi connectivity index (χ2v) is 7.14. The number of carbonyl (C=O) groups excluding carboxylic acids is 1. The van der Waals surface area contributed by atoms with Crippen molar-refractivity contribution in [1.29, 1.82) is 0 Å². The van der Waals surface area contributed by atoms with Crippen LogP contribution in [0.4, 0.5) is 4.39 Å². The highest BCUT2D eigenvalue weighted by atomic mass is 35.5. The van der Waals surface area contributed by atoms with E-state index in [0.29, 0.717) is 17.1 Å². The lowest BCUT2D eigenvalue weighted by molar-refractivity contribution is -0.114. The predicted molar refractivity (Wildman–Crippen MR) is 113 cm³/mol. The van der Waals surface area contributed by atoms with E-state index >= 15 is 0 Å². The van der Waals surface area contributed by atoms with Gasteiger partial charge in [-0.1, -0.05) is 61.0 Å². The van der Waals surface area contributed by atoms with Gasteiger partial charge in [-0.2, -0.15) is 0 Å². The van der Waals surface area contributed by atoms with E-state index < -0.39 is 0 Å². The average molecular weight is 394 g/mol. The van der Waals surface area contributed by atoms with Crippen LogP contribution in [0.15, 0.2) is 72.9 Å². The van der Waals surface area contributed by atoms with Crippen LogP contribution in [-0.2, 0) is 4.79 Å². The Hall–Kier alpha value is -2.78. The molecule has 0 N–H and O–H groups in total. The number of hydrogen-bond acceptors (Lipinski definition) is 2. The minimum atomic E-state index is -0.326. The van der Waals surface area contributed by atoms with Crippen molar-refractivity contribution in [2.45, 2.75) is 25.7 Å². The summed E-state index contributed by atoms with van der Waals surface area (Å²) in [6.07, 6.45) is 5.89. The highest BCUT2D eigenvalue weighted by Crippen LogP contribution is 2.27. The zero-order valence-electron chi connectivity index (χ0n) is 15.6. The summed E-state index contributed by atoms with van der Waals surface area (Å²) in [5, 5.41) is 0.468. The standard InChI is InChI=1S/C24H21ClFNO/c1-17(9-12-22(28)13-10-18-5-2-3-8-23(18)26)19-6-4-7-20(15-19)21-11-14-24(25)27-16-21/h2-8,10-11,13-17H,9,12H2,1H3/b13-10+. The quantitative estimate of drug-likeness (QED) is 0.330. The maximum absolute atomic E-state index is 13.6. The van der Waals surface area contributed by atoms with Crippen molar-refractivity contribution in [1.82, 2.24) is 4.98 Å². The number of pyridine rings is 1. The van der Waals surface area contributed by atoms with Gasteiger partial charge in [0.2, 0.25) is 0 Å². The summed E-state index contributed by atoms with van der Waals surface area (Å²) < 4.78 is 13.6. The molecule has 2 aromatic carbocycles. The Kier molecular flexibility index (Phi) is 6.72. The van der Waals surface area contributed by atoms with Gasteiger partial charge in [-0.3, -0.25) is 4.79 Å². The molecule has 1 heterocycles. The third kappa shape index (κ3) is 5.37. The number of carbonyl (C=O) groups is 1. The van der Waals surface area contributed by atoms with Gasteiger partial charge >= 0.3 is 0 Å². The van der Waals surface area contributed by atoms with E-state index in [9.17, 15) is 9.18 Å². The van der Waals surface area contributed by atoms with Crippen LogP contribution >= 0.6 is 11.6 Å². The Bertz CT molecular complexity index is 982. The molecule has 1 atom stereocenters. The molecule has 28 heavy (non-hydrogen) atoms. The molecule has 0 aliphatic carbocycles. The van der Waals surface area contributed by atoms with E-state index in [-0.39, 0.29) is 17.5 Å². The molecule has 2 nitrogen and oxygen atoms in total. The molecule has 1 aromatic heterocycles. The molecule has 3 aromatic rings. The lowest BCUT2D eigenvalue weighted by atomic mass is 9.92. The molecule has 0 saturated heterocycles. The van der Waals surface area contributed by atoms with Crippen LogP contribution in [0.3, 0.4) is 0 Å². The maximum atomic E-state index is 13.6. The first-order valence-electron chi connectivity index (χ1n) is 9.20. The van der Waals surface area contributed by atoms with Crippen molar-refractivity contribution in [2.24, 2.45) is 0 Å². The van der Waals surface area contributed by atoms with E-state index in [2.05, 4.69) is 24.0 Å². The Labute approximate surface area is 169 Å². The van der Waals surface area contributed by atoms with Crippen molar-refractivity contribution < 1.29 is 9.18 Å². The molecule has 0 radical (unpaired) electrons. The lowest BCUT2D eigenvalue weighted by Gasteiger charge is -2.12. The summed E-state index contributed by atoms with van der Waals surface area (Å²) in [5.74, 6) is -0.104. The van der Waals surface area contributed by atoms with Crippen molar-refractivity contribution >= 4 is 23.5 Å². The maximum Gasteiger partial charge on any atom is 0.155 e. The fourth-order valence-corrected chi connectivity index (χ4v) is 3.08. The molecule has 0 amide bonds. The minimum absolute atomic E-state index is 0.00633. The minimum Gasteiger partial charge on any atom is -0.295 e. The summed E-state index contributed by atoms with van der Waals surface area (Å²) in [5.41, 5.74) is 3.66. The number of allylic oxidation sites excluding steroid dienone is 1. The number of halogens is 2. The molecule has 0 spiro atoms. The van der Waals surface area contributed by atoms with E-state index in [0.717, 1.165) is 17.5 Å². The smallest absolute Gasteiger partial charge is 0.155 e. The van der Waals surface area contributed by atoms with Crippen LogP contribution < -0.4 is 0 Å². The second-order valence-electron chi connectivity index (χ2n) is 6.76. The van der Waals surface area contributed by atoms with Crippen LogP contribution in [-0.4, -0.2) is 10.8 Å². The first-order chi connectivity index (χ1) is 13.5. The van der Waals surface area contributed by atoms with Gasteiger partial charge in [0.1, 0.15) is 11.0 Å². The number of hydrogen-bond donors (Lipinski definition) is 0. The SMILES string of the molecule is CC(CCC(=O)/C=C/c1ccccc1F)c1cccc(-c2ccc(Cl)nc2)c1. The van der Waals surface area contributed by atoms with Crippen LogP contribution in [0.1, 0.15) is 36.8 Å². The third-order valence-corrected chi connectivity index (χ3v) is 4.92. The summed E-state index contributed by atoms with van der Waals surface area (Å²) in [6, 6.07) is 18.4. The van der Waals surface area contributed by atoms with Gasteiger partial charge in [-0.05, 0) is 53.8 Å². The topological polar surface area (TPSA) is 30.0 Å². The third-order valence-electron chi connectivity index (χ3n) is 4.69. The van der Waals surface area contributed by atoms with Gasteiger partial charge in [0.25, 0.3) is 0 Å². The molecule has 142 valence electrons. The van der Waals surface area contributed by atoms with Crippen LogP contribution in [0.2, 0.25) is 5.15 Å². The fourth-order valence-electron chi connectivity index (χ4n) is 2.97. The van der Waals surface area contributed by atoms with E-state index in [1.54, 1.807) is 30.5 Å².